The highest BCUT2D eigenvalue weighted by Crippen LogP contribution is 2.21. The molecule has 2 rings (SSSR count). The van der Waals surface area contributed by atoms with E-state index in [0.717, 1.165) is 5.69 Å². The molecule has 2 heterocycles. The van der Waals surface area contributed by atoms with Crippen molar-refractivity contribution in [2.24, 2.45) is 5.41 Å². The van der Waals surface area contributed by atoms with Crippen LogP contribution in [0.2, 0.25) is 0 Å². The Balaban J connectivity index is 1.99. The van der Waals surface area contributed by atoms with Crippen molar-refractivity contribution in [1.82, 2.24) is 19.4 Å². The number of amides is 1. The molecule has 0 radical (unpaired) electrons. The van der Waals surface area contributed by atoms with Gasteiger partial charge in [0, 0.05) is 43.7 Å². The number of imidazole rings is 1. The van der Waals surface area contributed by atoms with Crippen LogP contribution >= 0.6 is 0 Å². The van der Waals surface area contributed by atoms with Gasteiger partial charge in [-0.1, -0.05) is 26.8 Å². The van der Waals surface area contributed by atoms with Crippen LogP contribution in [0.3, 0.4) is 0 Å². The lowest BCUT2D eigenvalue weighted by Crippen LogP contribution is -2.46. The van der Waals surface area contributed by atoms with Gasteiger partial charge in [0.05, 0.1) is 12.4 Å². The lowest BCUT2D eigenvalue weighted by atomic mass is 9.86. The van der Waals surface area contributed by atoms with Crippen LogP contribution in [0.25, 0.3) is 0 Å². The van der Waals surface area contributed by atoms with Crippen LogP contribution in [0.5, 0.6) is 0 Å². The van der Waals surface area contributed by atoms with Crippen LogP contribution in [-0.4, -0.2) is 26.1 Å². The molecule has 0 bridgehead atoms. The fraction of sp³-hybridized carbons (Fsp3) is 0.500. The minimum Gasteiger partial charge on any atom is -0.351 e. The molecule has 130 valence electrons. The third kappa shape index (κ3) is 4.81. The highest BCUT2D eigenvalue weighted by atomic mass is 16.2. The number of nitrogens with one attached hydrogen (secondary N) is 1. The summed E-state index contributed by atoms with van der Waals surface area (Å²) < 4.78 is 3.59. The quantitative estimate of drug-likeness (QED) is 0.880. The Bertz CT molecular complexity index is 726. The number of aromatic nitrogens is 3. The second kappa shape index (κ2) is 7.47. The molecule has 0 spiro atoms. The van der Waals surface area contributed by atoms with Crippen molar-refractivity contribution in [1.29, 1.82) is 0 Å². The van der Waals surface area contributed by atoms with Crippen LogP contribution in [0.1, 0.15) is 32.9 Å². The number of carbonyl (C=O) groups is 1. The van der Waals surface area contributed by atoms with E-state index in [1.807, 2.05) is 23.8 Å². The molecule has 0 saturated heterocycles. The lowest BCUT2D eigenvalue weighted by Gasteiger charge is -2.32. The molecule has 1 atom stereocenters. The Hall–Kier alpha value is -2.37. The summed E-state index contributed by atoms with van der Waals surface area (Å²) in [6, 6.07) is 5.10. The van der Waals surface area contributed by atoms with Crippen LogP contribution in [-0.2, 0) is 17.9 Å². The molecule has 6 heteroatoms. The van der Waals surface area contributed by atoms with Gasteiger partial charge >= 0.3 is 0 Å². The summed E-state index contributed by atoms with van der Waals surface area (Å²) in [6.07, 6.45) is 5.64. The Morgan fingerprint density at radius 1 is 1.33 bits per heavy atom. The number of pyridine rings is 1. The molecule has 1 N–H and O–H groups in total. The molecule has 0 fully saturated rings. The van der Waals surface area contributed by atoms with Gasteiger partial charge in [0.1, 0.15) is 0 Å². The molecule has 2 aromatic rings. The largest absolute Gasteiger partial charge is 0.351 e. The molecule has 2 aromatic heterocycles. The Morgan fingerprint density at radius 3 is 2.67 bits per heavy atom. The van der Waals surface area contributed by atoms with E-state index in [1.165, 1.54) is 6.07 Å². The lowest BCUT2D eigenvalue weighted by molar-refractivity contribution is -0.122. The molecule has 0 saturated carbocycles. The summed E-state index contributed by atoms with van der Waals surface area (Å²) in [4.78, 5) is 28.3. The Labute approximate surface area is 142 Å². The predicted molar refractivity (Wildman–Crippen MR) is 93.7 cm³/mol. The summed E-state index contributed by atoms with van der Waals surface area (Å²) in [6.45, 7) is 9.22. The van der Waals surface area contributed by atoms with Crippen molar-refractivity contribution in [3.63, 3.8) is 0 Å². The monoisotopic (exact) mass is 330 g/mol. The topological polar surface area (TPSA) is 68.9 Å². The van der Waals surface area contributed by atoms with Gasteiger partial charge in [-0.2, -0.15) is 0 Å². The molecule has 1 unspecified atom stereocenters. The molecule has 1 amide bonds. The summed E-state index contributed by atoms with van der Waals surface area (Å²) in [7, 11) is 0. The molecular formula is C18H26N4O2. The van der Waals surface area contributed by atoms with E-state index >= 15 is 0 Å². The van der Waals surface area contributed by atoms with Crippen LogP contribution in [0.15, 0.2) is 41.7 Å². The average molecular weight is 330 g/mol. The average Bonchev–Trinajstić information content (AvgIpc) is 2.98. The van der Waals surface area contributed by atoms with Crippen molar-refractivity contribution in [2.75, 3.05) is 0 Å². The van der Waals surface area contributed by atoms with E-state index in [9.17, 15) is 9.59 Å². The fourth-order valence-corrected chi connectivity index (χ4v) is 2.53. The smallest absolute Gasteiger partial charge is 0.250 e. The van der Waals surface area contributed by atoms with E-state index in [0.29, 0.717) is 13.1 Å². The maximum Gasteiger partial charge on any atom is 0.250 e. The predicted octanol–water partition coefficient (Wildman–Crippen LogP) is 1.97. The standard InChI is InChI=1S/C18H26N4O2/c1-14-6-5-7-17(24)22(14)10-8-16(23)20-15(18(2,3)4)12-21-11-9-19-13-21/h5-7,9,11,13,15H,8,10,12H2,1-4H3,(H,20,23). The number of rotatable bonds is 6. The van der Waals surface area contributed by atoms with Crippen LogP contribution in [0, 0.1) is 12.3 Å². The van der Waals surface area contributed by atoms with Gasteiger partial charge in [0.2, 0.25) is 5.91 Å². The summed E-state index contributed by atoms with van der Waals surface area (Å²) in [5.74, 6) is -0.0507. The van der Waals surface area contributed by atoms with Gasteiger partial charge < -0.3 is 14.5 Å². The van der Waals surface area contributed by atoms with Gasteiger partial charge in [-0.15, -0.1) is 0 Å². The van der Waals surface area contributed by atoms with E-state index in [-0.39, 0.29) is 29.3 Å². The Kier molecular flexibility index (Phi) is 5.59. The molecular weight excluding hydrogens is 304 g/mol. The van der Waals surface area contributed by atoms with Crippen molar-refractivity contribution in [3.05, 3.63) is 53.0 Å². The summed E-state index contributed by atoms with van der Waals surface area (Å²) >= 11 is 0. The second-order valence-corrected chi connectivity index (χ2v) is 7.15. The van der Waals surface area contributed by atoms with Crippen LogP contribution < -0.4 is 10.9 Å². The van der Waals surface area contributed by atoms with Crippen molar-refractivity contribution < 1.29 is 4.79 Å². The fourth-order valence-electron chi connectivity index (χ4n) is 2.53. The molecule has 0 aliphatic heterocycles. The highest BCUT2D eigenvalue weighted by Gasteiger charge is 2.26. The molecule has 0 aromatic carbocycles. The molecule has 0 aliphatic rings. The number of carbonyl (C=O) groups excluding carboxylic acids is 1. The molecule has 0 aliphatic carbocycles. The third-order valence-corrected chi connectivity index (χ3v) is 4.16. The first-order valence-corrected chi connectivity index (χ1v) is 8.19. The minimum atomic E-state index is -0.0839. The Morgan fingerprint density at radius 2 is 2.08 bits per heavy atom. The van der Waals surface area contributed by atoms with E-state index in [2.05, 4.69) is 31.1 Å². The zero-order valence-corrected chi connectivity index (χ0v) is 14.8. The van der Waals surface area contributed by atoms with Crippen molar-refractivity contribution in [3.8, 4) is 0 Å². The van der Waals surface area contributed by atoms with E-state index < -0.39 is 0 Å². The molecule has 24 heavy (non-hydrogen) atoms. The molecule has 6 nitrogen and oxygen atoms in total. The number of hydrogen-bond acceptors (Lipinski definition) is 3. The normalized spacial score (nSPS) is 12.8. The zero-order valence-electron chi connectivity index (χ0n) is 14.8. The first-order chi connectivity index (χ1) is 11.3. The first kappa shape index (κ1) is 18.0. The highest BCUT2D eigenvalue weighted by molar-refractivity contribution is 5.76. The van der Waals surface area contributed by atoms with Gasteiger partial charge in [0.15, 0.2) is 0 Å². The summed E-state index contributed by atoms with van der Waals surface area (Å²) in [5.41, 5.74) is 0.703. The minimum absolute atomic E-state index is 0.0206. The van der Waals surface area contributed by atoms with Crippen LogP contribution in [0.4, 0.5) is 0 Å². The SMILES string of the molecule is Cc1cccc(=O)n1CCC(=O)NC(Cn1ccnc1)C(C)(C)C. The third-order valence-electron chi connectivity index (χ3n) is 4.16. The van der Waals surface area contributed by atoms with E-state index in [4.69, 9.17) is 0 Å². The van der Waals surface area contributed by atoms with Gasteiger partial charge in [-0.05, 0) is 18.4 Å². The first-order valence-electron chi connectivity index (χ1n) is 8.19. The van der Waals surface area contributed by atoms with Crippen molar-refractivity contribution >= 4 is 5.91 Å². The van der Waals surface area contributed by atoms with Crippen molar-refractivity contribution in [2.45, 2.75) is 53.2 Å². The second-order valence-electron chi connectivity index (χ2n) is 7.15. The maximum absolute atomic E-state index is 12.4. The van der Waals surface area contributed by atoms with Gasteiger partial charge in [0.25, 0.3) is 5.56 Å². The summed E-state index contributed by atoms with van der Waals surface area (Å²) in [5, 5.41) is 3.10. The zero-order chi connectivity index (χ0) is 17.7. The van der Waals surface area contributed by atoms with Gasteiger partial charge in [-0.3, -0.25) is 9.59 Å². The van der Waals surface area contributed by atoms with Gasteiger partial charge in [-0.25, -0.2) is 4.98 Å². The van der Waals surface area contributed by atoms with E-state index in [1.54, 1.807) is 23.2 Å². The number of aryl methyl sites for hydroxylation is 1. The number of hydrogen-bond donors (Lipinski definition) is 1. The number of nitrogens with zero attached hydrogens (tertiary/aromatic N) is 3. The maximum atomic E-state index is 12.4.